The number of benzene rings is 1. The minimum Gasteiger partial charge on any atom is -0.461 e. The summed E-state index contributed by atoms with van der Waals surface area (Å²) in [7, 11) is 0. The number of hydrogen-bond acceptors (Lipinski definition) is 2. The van der Waals surface area contributed by atoms with Crippen molar-refractivity contribution in [3.05, 3.63) is 34.8 Å². The van der Waals surface area contributed by atoms with E-state index in [2.05, 4.69) is 26.0 Å². The molecule has 2 heteroatoms. The summed E-state index contributed by atoms with van der Waals surface area (Å²) in [6.07, 6.45) is 5.40. The molecule has 2 nitrogen and oxygen atoms in total. The molecule has 0 saturated heterocycles. The van der Waals surface area contributed by atoms with Crippen LogP contribution in [0, 0.1) is 0 Å². The van der Waals surface area contributed by atoms with Gasteiger partial charge in [0.05, 0.1) is 0 Å². The van der Waals surface area contributed by atoms with E-state index in [0.29, 0.717) is 0 Å². The summed E-state index contributed by atoms with van der Waals surface area (Å²) < 4.78 is 12.1. The highest BCUT2D eigenvalue weighted by atomic mass is 16.3. The normalized spacial score (nSPS) is 14.6. The van der Waals surface area contributed by atoms with Crippen LogP contribution in [0.15, 0.2) is 21.0 Å². The van der Waals surface area contributed by atoms with Crippen molar-refractivity contribution in [1.29, 1.82) is 0 Å². The topological polar surface area (TPSA) is 26.3 Å². The number of rotatable bonds is 2. The Morgan fingerprint density at radius 1 is 0.842 bits per heavy atom. The summed E-state index contributed by atoms with van der Waals surface area (Å²) in [6.45, 7) is 4.34. The van der Waals surface area contributed by atoms with Gasteiger partial charge in [0.25, 0.3) is 0 Å². The first-order valence-electron chi connectivity index (χ1n) is 7.31. The van der Waals surface area contributed by atoms with Crippen LogP contribution in [-0.2, 0) is 25.7 Å². The minimum absolute atomic E-state index is 0.972. The Kier molecular flexibility index (Phi) is 2.29. The lowest BCUT2D eigenvalue weighted by Crippen LogP contribution is -1.90. The van der Waals surface area contributed by atoms with Crippen molar-refractivity contribution in [2.45, 2.75) is 46.0 Å². The molecule has 0 saturated carbocycles. The molecule has 0 unspecified atom stereocenters. The van der Waals surface area contributed by atoms with E-state index in [1.807, 2.05) is 0 Å². The Morgan fingerprint density at radius 2 is 1.32 bits per heavy atom. The van der Waals surface area contributed by atoms with Gasteiger partial charge in [-0.1, -0.05) is 13.8 Å². The van der Waals surface area contributed by atoms with Crippen LogP contribution in [0.2, 0.25) is 0 Å². The van der Waals surface area contributed by atoms with Crippen LogP contribution in [0.1, 0.15) is 42.9 Å². The summed E-state index contributed by atoms with van der Waals surface area (Å²) in [5.41, 5.74) is 4.91. The van der Waals surface area contributed by atoms with Crippen LogP contribution in [-0.4, -0.2) is 0 Å². The van der Waals surface area contributed by atoms with E-state index >= 15 is 0 Å². The van der Waals surface area contributed by atoms with Gasteiger partial charge in [0.2, 0.25) is 0 Å². The molecule has 19 heavy (non-hydrogen) atoms. The monoisotopic (exact) mass is 254 g/mol. The summed E-state index contributed by atoms with van der Waals surface area (Å²) in [4.78, 5) is 0. The maximum atomic E-state index is 6.04. The first kappa shape index (κ1) is 11.2. The number of furan rings is 2. The number of aryl methyl sites for hydroxylation is 4. The SMILES string of the molecule is CCc1oc2ccc3oc(CC)c4c3c2c1CCC4. The van der Waals surface area contributed by atoms with Crippen LogP contribution in [0.4, 0.5) is 0 Å². The van der Waals surface area contributed by atoms with E-state index in [-0.39, 0.29) is 0 Å². The van der Waals surface area contributed by atoms with Crippen molar-refractivity contribution in [3.63, 3.8) is 0 Å². The highest BCUT2D eigenvalue weighted by molar-refractivity contribution is 6.08. The Hall–Kier alpha value is -1.70. The molecule has 0 spiro atoms. The third kappa shape index (κ3) is 1.37. The maximum Gasteiger partial charge on any atom is 0.135 e. The smallest absolute Gasteiger partial charge is 0.135 e. The lowest BCUT2D eigenvalue weighted by Gasteiger charge is -1.99. The Morgan fingerprint density at radius 3 is 1.74 bits per heavy atom. The molecule has 0 radical (unpaired) electrons. The van der Waals surface area contributed by atoms with Gasteiger partial charge in [0, 0.05) is 34.7 Å². The fourth-order valence-corrected chi connectivity index (χ4v) is 3.54. The Bertz CT molecular complexity index is 708. The zero-order valence-electron chi connectivity index (χ0n) is 11.5. The maximum absolute atomic E-state index is 6.04. The lowest BCUT2D eigenvalue weighted by atomic mass is 10.0. The van der Waals surface area contributed by atoms with Gasteiger partial charge in [0.1, 0.15) is 22.7 Å². The molecule has 4 rings (SSSR count). The molecule has 3 aromatic rings. The van der Waals surface area contributed by atoms with E-state index < -0.39 is 0 Å². The van der Waals surface area contributed by atoms with Gasteiger partial charge < -0.3 is 8.83 Å². The van der Waals surface area contributed by atoms with Gasteiger partial charge in [0.15, 0.2) is 0 Å². The molecule has 1 aromatic carbocycles. The van der Waals surface area contributed by atoms with Crippen LogP contribution >= 0.6 is 0 Å². The van der Waals surface area contributed by atoms with E-state index in [1.54, 1.807) is 0 Å². The Balaban J connectivity index is 2.22. The standard InChI is InChI=1S/C17H18O2/c1-3-12-10-6-5-7-11-13(4-2)19-15-9-8-14(18-12)16(10)17(11)15/h8-9H,3-7H2,1-2H3. The van der Waals surface area contributed by atoms with Crippen molar-refractivity contribution in [2.24, 2.45) is 0 Å². The van der Waals surface area contributed by atoms with Gasteiger partial charge in [-0.3, -0.25) is 0 Å². The predicted molar refractivity (Wildman–Crippen MR) is 76.8 cm³/mol. The summed E-state index contributed by atoms with van der Waals surface area (Å²) in [5.74, 6) is 2.32. The predicted octanol–water partition coefficient (Wildman–Crippen LogP) is 4.79. The molecule has 0 aliphatic heterocycles. The second-order valence-corrected chi connectivity index (χ2v) is 5.38. The molecule has 2 heterocycles. The average molecular weight is 254 g/mol. The second kappa shape index (κ2) is 3.89. The molecule has 1 aliphatic rings. The zero-order chi connectivity index (χ0) is 13.0. The molecule has 98 valence electrons. The average Bonchev–Trinajstić information content (AvgIpc) is 2.90. The molecule has 1 aliphatic carbocycles. The van der Waals surface area contributed by atoms with Crippen molar-refractivity contribution in [1.82, 2.24) is 0 Å². The molecular formula is C17H18O2. The molecule has 0 N–H and O–H groups in total. The van der Waals surface area contributed by atoms with E-state index in [0.717, 1.165) is 48.4 Å². The highest BCUT2D eigenvalue weighted by Gasteiger charge is 2.24. The zero-order valence-corrected chi connectivity index (χ0v) is 11.5. The first-order valence-corrected chi connectivity index (χ1v) is 7.31. The van der Waals surface area contributed by atoms with Crippen molar-refractivity contribution >= 4 is 21.9 Å². The van der Waals surface area contributed by atoms with Gasteiger partial charge in [-0.15, -0.1) is 0 Å². The van der Waals surface area contributed by atoms with E-state index in [9.17, 15) is 0 Å². The fourth-order valence-electron chi connectivity index (χ4n) is 3.54. The number of hydrogen-bond donors (Lipinski definition) is 0. The van der Waals surface area contributed by atoms with Crippen molar-refractivity contribution in [3.8, 4) is 0 Å². The molecule has 0 amide bonds. The third-order valence-electron chi connectivity index (χ3n) is 4.37. The second-order valence-electron chi connectivity index (χ2n) is 5.38. The van der Waals surface area contributed by atoms with Crippen LogP contribution in [0.3, 0.4) is 0 Å². The highest BCUT2D eigenvalue weighted by Crippen LogP contribution is 2.40. The molecule has 0 bridgehead atoms. The van der Waals surface area contributed by atoms with Crippen molar-refractivity contribution < 1.29 is 8.83 Å². The minimum atomic E-state index is 0.972. The quantitative estimate of drug-likeness (QED) is 0.657. The molecule has 2 aromatic heterocycles. The third-order valence-corrected chi connectivity index (χ3v) is 4.37. The van der Waals surface area contributed by atoms with Crippen LogP contribution < -0.4 is 0 Å². The van der Waals surface area contributed by atoms with Gasteiger partial charge in [-0.25, -0.2) is 0 Å². The summed E-state index contributed by atoms with van der Waals surface area (Å²) >= 11 is 0. The first-order chi connectivity index (χ1) is 9.33. The van der Waals surface area contributed by atoms with Gasteiger partial charge >= 0.3 is 0 Å². The van der Waals surface area contributed by atoms with Crippen molar-refractivity contribution in [2.75, 3.05) is 0 Å². The molecular weight excluding hydrogens is 236 g/mol. The largest absolute Gasteiger partial charge is 0.461 e. The Labute approximate surface area is 112 Å². The van der Waals surface area contributed by atoms with Crippen LogP contribution in [0.25, 0.3) is 21.9 Å². The fraction of sp³-hybridized carbons (Fsp3) is 0.412. The summed E-state index contributed by atoms with van der Waals surface area (Å²) in [5, 5.41) is 2.65. The van der Waals surface area contributed by atoms with Gasteiger partial charge in [-0.05, 0) is 31.4 Å². The van der Waals surface area contributed by atoms with E-state index in [1.165, 1.54) is 28.3 Å². The lowest BCUT2D eigenvalue weighted by molar-refractivity contribution is 0.547. The van der Waals surface area contributed by atoms with Gasteiger partial charge in [-0.2, -0.15) is 0 Å². The summed E-state index contributed by atoms with van der Waals surface area (Å²) in [6, 6.07) is 4.14. The molecule has 0 atom stereocenters. The molecule has 0 fully saturated rings. The van der Waals surface area contributed by atoms with Crippen LogP contribution in [0.5, 0.6) is 0 Å². The van der Waals surface area contributed by atoms with E-state index in [4.69, 9.17) is 8.83 Å².